The van der Waals surface area contributed by atoms with E-state index in [0.29, 0.717) is 6.54 Å². The summed E-state index contributed by atoms with van der Waals surface area (Å²) in [6, 6.07) is 16.2. The van der Waals surface area contributed by atoms with Crippen LogP contribution in [0, 0.1) is 11.3 Å². The van der Waals surface area contributed by atoms with Crippen LogP contribution in [0.4, 0.5) is 4.79 Å². The third-order valence-corrected chi connectivity index (χ3v) is 7.42. The minimum absolute atomic E-state index is 0.0633. The van der Waals surface area contributed by atoms with Crippen molar-refractivity contribution in [3.05, 3.63) is 59.7 Å². The fraction of sp³-hybridized carbons (Fsp3) is 0.423. The van der Waals surface area contributed by atoms with Crippen LogP contribution in [0.2, 0.25) is 0 Å². The van der Waals surface area contributed by atoms with E-state index in [1.54, 1.807) is 18.7 Å². The quantitative estimate of drug-likeness (QED) is 0.728. The number of rotatable bonds is 5. The van der Waals surface area contributed by atoms with E-state index in [0.717, 1.165) is 35.1 Å². The maximum Gasteiger partial charge on any atom is 0.408 e. The highest BCUT2D eigenvalue weighted by Gasteiger charge is 2.59. The van der Waals surface area contributed by atoms with E-state index in [1.807, 2.05) is 24.3 Å². The molecule has 2 aromatic rings. The average molecular weight is 449 g/mol. The van der Waals surface area contributed by atoms with Crippen molar-refractivity contribution >= 4 is 18.0 Å². The van der Waals surface area contributed by atoms with Crippen LogP contribution in [0.1, 0.15) is 43.7 Å². The fourth-order valence-corrected chi connectivity index (χ4v) is 5.47. The summed E-state index contributed by atoms with van der Waals surface area (Å²) in [6.45, 7) is 4.04. The van der Waals surface area contributed by atoms with E-state index < -0.39 is 23.5 Å². The van der Waals surface area contributed by atoms with Crippen molar-refractivity contribution in [2.75, 3.05) is 19.7 Å². The molecule has 172 valence electrons. The number of carboxylic acids is 1. The predicted octanol–water partition coefficient (Wildman–Crippen LogP) is 3.63. The first-order valence-electron chi connectivity index (χ1n) is 11.4. The van der Waals surface area contributed by atoms with Crippen LogP contribution in [0.15, 0.2) is 48.5 Å². The Morgan fingerprint density at radius 2 is 1.64 bits per heavy atom. The van der Waals surface area contributed by atoms with Crippen molar-refractivity contribution in [1.29, 1.82) is 0 Å². The van der Waals surface area contributed by atoms with Crippen molar-refractivity contribution in [3.8, 4) is 11.1 Å². The molecule has 0 aromatic heterocycles. The second-order valence-electron chi connectivity index (χ2n) is 10.0. The van der Waals surface area contributed by atoms with E-state index in [1.165, 1.54) is 0 Å². The number of carbonyl (C=O) groups is 3. The molecule has 2 amide bonds. The van der Waals surface area contributed by atoms with Gasteiger partial charge in [0.15, 0.2) is 0 Å². The molecule has 1 saturated heterocycles. The third kappa shape index (κ3) is 3.65. The minimum atomic E-state index is -1.20. The van der Waals surface area contributed by atoms with Gasteiger partial charge >= 0.3 is 12.1 Å². The van der Waals surface area contributed by atoms with Crippen LogP contribution < -0.4 is 5.32 Å². The van der Waals surface area contributed by atoms with E-state index in [4.69, 9.17) is 4.74 Å². The molecule has 1 spiro atoms. The van der Waals surface area contributed by atoms with E-state index in [-0.39, 0.29) is 30.4 Å². The summed E-state index contributed by atoms with van der Waals surface area (Å²) in [4.78, 5) is 39.0. The molecule has 1 heterocycles. The van der Waals surface area contributed by atoms with Gasteiger partial charge in [-0.3, -0.25) is 9.59 Å². The zero-order valence-electron chi connectivity index (χ0n) is 18.8. The second kappa shape index (κ2) is 7.61. The first-order chi connectivity index (χ1) is 15.7. The zero-order chi connectivity index (χ0) is 23.4. The van der Waals surface area contributed by atoms with Gasteiger partial charge in [0, 0.05) is 24.4 Å². The maximum absolute atomic E-state index is 13.1. The molecule has 7 nitrogen and oxygen atoms in total. The average Bonchev–Trinajstić information content (AvgIpc) is 3.33. The summed E-state index contributed by atoms with van der Waals surface area (Å²) in [5.74, 6) is -1.74. The lowest BCUT2D eigenvalue weighted by atomic mass is 9.93. The molecule has 7 heteroatoms. The Hall–Kier alpha value is -3.35. The van der Waals surface area contributed by atoms with Crippen molar-refractivity contribution in [2.45, 2.75) is 38.1 Å². The van der Waals surface area contributed by atoms with Gasteiger partial charge in [0.05, 0.1) is 5.92 Å². The molecule has 1 atom stereocenters. The zero-order valence-corrected chi connectivity index (χ0v) is 18.8. The van der Waals surface area contributed by atoms with Gasteiger partial charge in [-0.1, -0.05) is 48.5 Å². The van der Waals surface area contributed by atoms with Crippen molar-refractivity contribution in [3.63, 3.8) is 0 Å². The number of carbonyl (C=O) groups excluding carboxylic acids is 2. The first kappa shape index (κ1) is 21.5. The highest BCUT2D eigenvalue weighted by molar-refractivity contribution is 5.90. The normalized spacial score (nSPS) is 20.3. The van der Waals surface area contributed by atoms with Gasteiger partial charge < -0.3 is 20.1 Å². The number of hydrogen-bond acceptors (Lipinski definition) is 4. The number of benzene rings is 2. The second-order valence-corrected chi connectivity index (χ2v) is 10.0. The van der Waals surface area contributed by atoms with Crippen LogP contribution in [-0.4, -0.2) is 53.2 Å². The number of nitrogens with one attached hydrogen (secondary N) is 1. The highest BCUT2D eigenvalue weighted by atomic mass is 16.5. The molecule has 1 aliphatic heterocycles. The lowest BCUT2D eigenvalue weighted by Crippen LogP contribution is -2.55. The lowest BCUT2D eigenvalue weighted by Gasteiger charge is -2.30. The highest BCUT2D eigenvalue weighted by Crippen LogP contribution is 2.56. The Morgan fingerprint density at radius 3 is 2.15 bits per heavy atom. The number of nitrogens with zero attached hydrogens (tertiary/aromatic N) is 1. The van der Waals surface area contributed by atoms with E-state index >= 15 is 0 Å². The molecule has 1 unspecified atom stereocenters. The molecule has 5 rings (SSSR count). The van der Waals surface area contributed by atoms with Gasteiger partial charge in [-0.2, -0.15) is 0 Å². The summed E-state index contributed by atoms with van der Waals surface area (Å²) < 4.78 is 5.59. The number of amides is 2. The summed E-state index contributed by atoms with van der Waals surface area (Å²) in [6.07, 6.45) is 0.993. The molecule has 2 aromatic carbocycles. The number of fused-ring (bicyclic) bond motifs is 3. The number of likely N-dealkylation sites (tertiary alicyclic amines) is 1. The predicted molar refractivity (Wildman–Crippen MR) is 122 cm³/mol. The Morgan fingerprint density at radius 1 is 1.06 bits per heavy atom. The van der Waals surface area contributed by atoms with Crippen LogP contribution in [0.5, 0.6) is 0 Å². The molecule has 1 saturated carbocycles. The summed E-state index contributed by atoms with van der Waals surface area (Å²) in [5, 5.41) is 12.2. The van der Waals surface area contributed by atoms with Crippen LogP contribution in [0.3, 0.4) is 0 Å². The SMILES string of the molecule is CC(C)(NC(=O)OCC1c2ccccc2-c2ccccc21)C(=O)N1CC(C(=O)O)C2(CC2)C1. The van der Waals surface area contributed by atoms with Crippen molar-refractivity contribution in [2.24, 2.45) is 11.3 Å². The van der Waals surface area contributed by atoms with Gasteiger partial charge in [0.2, 0.25) is 5.91 Å². The molecule has 2 aliphatic carbocycles. The van der Waals surface area contributed by atoms with Crippen molar-refractivity contribution < 1.29 is 24.2 Å². The molecule has 33 heavy (non-hydrogen) atoms. The number of hydrogen-bond donors (Lipinski definition) is 2. The van der Waals surface area contributed by atoms with Gasteiger partial charge in [-0.25, -0.2) is 4.79 Å². The summed E-state index contributed by atoms with van der Waals surface area (Å²) in [5.41, 5.74) is 3.04. The van der Waals surface area contributed by atoms with E-state index in [9.17, 15) is 19.5 Å². The minimum Gasteiger partial charge on any atom is -0.481 e. The van der Waals surface area contributed by atoms with Gasteiger partial charge in [-0.15, -0.1) is 0 Å². The monoisotopic (exact) mass is 448 g/mol. The number of carboxylic acid groups (broad SMARTS) is 1. The third-order valence-electron chi connectivity index (χ3n) is 7.42. The number of aliphatic carboxylic acids is 1. The Bertz CT molecular complexity index is 1090. The molecule has 2 fully saturated rings. The lowest BCUT2D eigenvalue weighted by molar-refractivity contribution is -0.143. The molecule has 2 N–H and O–H groups in total. The Balaban J connectivity index is 1.23. The van der Waals surface area contributed by atoms with E-state index in [2.05, 4.69) is 29.6 Å². The smallest absolute Gasteiger partial charge is 0.408 e. The molecule has 0 bridgehead atoms. The van der Waals surface area contributed by atoms with Gasteiger partial charge in [0.25, 0.3) is 0 Å². The number of ether oxygens (including phenoxy) is 1. The molecular weight excluding hydrogens is 420 g/mol. The van der Waals surface area contributed by atoms with Crippen LogP contribution in [0.25, 0.3) is 11.1 Å². The maximum atomic E-state index is 13.1. The molecule has 0 radical (unpaired) electrons. The van der Waals surface area contributed by atoms with Crippen LogP contribution >= 0.6 is 0 Å². The first-order valence-corrected chi connectivity index (χ1v) is 11.4. The fourth-order valence-electron chi connectivity index (χ4n) is 5.47. The Kier molecular flexibility index (Phi) is 4.96. The van der Waals surface area contributed by atoms with Crippen LogP contribution in [-0.2, 0) is 14.3 Å². The van der Waals surface area contributed by atoms with Gasteiger partial charge in [0.1, 0.15) is 12.1 Å². The van der Waals surface area contributed by atoms with Crippen molar-refractivity contribution in [1.82, 2.24) is 10.2 Å². The standard InChI is InChI=1S/C26H28N2O5/c1-25(2,23(31)28-13-21(22(29)30)26(15-28)11-12-26)27-24(32)33-14-20-18-9-5-3-7-16(18)17-8-4-6-10-19(17)20/h3-10,20-21H,11-15H2,1-2H3,(H,27,32)(H,29,30). The molecular formula is C26H28N2O5. The Labute approximate surface area is 192 Å². The molecule has 3 aliphatic rings. The topological polar surface area (TPSA) is 95.9 Å². The number of alkyl carbamates (subject to hydrolysis) is 1. The largest absolute Gasteiger partial charge is 0.481 e. The summed E-state index contributed by atoms with van der Waals surface area (Å²) in [7, 11) is 0. The van der Waals surface area contributed by atoms with Gasteiger partial charge in [-0.05, 0) is 48.9 Å². The summed E-state index contributed by atoms with van der Waals surface area (Å²) >= 11 is 0.